The van der Waals surface area contributed by atoms with Crippen LogP contribution in [0.2, 0.25) is 0 Å². The number of rotatable bonds is 23. The van der Waals surface area contributed by atoms with Crippen molar-refractivity contribution in [2.45, 2.75) is 286 Å². The van der Waals surface area contributed by atoms with Crippen LogP contribution < -0.4 is 31.5 Å². The SMILES string of the molecule is CC[C@H]1OC(=O)[C@H](C)[C@@H](OC2CC(C)(OC)C(O)C(C)O2)C(C)C(OC2OC(C)CC(N(C)C)C2O)[C@](C)(O)C[C@@H](C)[C@H](NCCNC(=O)CCSCC2CN3C(=O)[C@H](Cc4ccc(N(C)C)cc4)N(C)C(=O)[C@@H]4CCCN4C(=O)[C@@](C)(CC)NC(=O)[C@@H](NC(=O)c4ncccc4O)[C@@H](C)OC(=O)[C@H](c4ccccc4)NC(=O)[C@@H]3CC2=O)[C@H](C)[C@@H](O)[C@]1(C)O. The third-order valence-electron chi connectivity index (χ3n) is 26.3. The monoisotopic (exact) mass is 1760 g/mol. The van der Waals surface area contributed by atoms with Crippen molar-refractivity contribution in [2.24, 2.45) is 29.6 Å². The number of ether oxygens (including phenoxy) is 7. The summed E-state index contributed by atoms with van der Waals surface area (Å²) < 4.78 is 44.5. The van der Waals surface area contributed by atoms with Crippen LogP contribution in [0.1, 0.15) is 175 Å². The summed E-state index contributed by atoms with van der Waals surface area (Å²) in [5.41, 5.74) is -5.75. The molecule has 9 rings (SSSR count). The van der Waals surface area contributed by atoms with Gasteiger partial charge in [-0.1, -0.05) is 77.1 Å². The highest BCUT2D eigenvalue weighted by molar-refractivity contribution is 7.99. The molecule has 6 saturated heterocycles. The number of aliphatic hydroxyl groups excluding tert-OH is 3. The van der Waals surface area contributed by atoms with E-state index in [1.807, 2.05) is 64.0 Å². The molecule has 1 aromatic heterocycles. The highest BCUT2D eigenvalue weighted by Crippen LogP contribution is 2.43. The normalized spacial score (nSPS) is 36.2. The second kappa shape index (κ2) is 42.7. The number of nitrogens with one attached hydrogen (secondary N) is 5. The lowest BCUT2D eigenvalue weighted by atomic mass is 9.72. The van der Waals surface area contributed by atoms with Gasteiger partial charge in [0.15, 0.2) is 24.3 Å². The molecule has 2 aromatic carbocycles. The molecule has 6 aliphatic heterocycles. The van der Waals surface area contributed by atoms with Crippen molar-refractivity contribution in [1.29, 1.82) is 0 Å². The van der Waals surface area contributed by atoms with Gasteiger partial charge in [-0.25, -0.2) is 9.78 Å². The van der Waals surface area contributed by atoms with E-state index in [0.29, 0.717) is 18.4 Å². The van der Waals surface area contributed by atoms with Gasteiger partial charge in [0.25, 0.3) is 5.91 Å². The Morgan fingerprint density at radius 2 is 1.46 bits per heavy atom. The number of cyclic esters (lactones) is 2. The molecule has 35 heteroatoms. The van der Waals surface area contributed by atoms with Crippen molar-refractivity contribution in [3.63, 3.8) is 0 Å². The second-order valence-electron chi connectivity index (χ2n) is 36.1. The van der Waals surface area contributed by atoms with E-state index < -0.39 is 233 Å². The Morgan fingerprint density at radius 3 is 2.10 bits per heavy atom. The predicted molar refractivity (Wildman–Crippen MR) is 459 cm³/mol. The van der Waals surface area contributed by atoms with E-state index >= 15 is 19.2 Å². The molecule has 0 saturated carbocycles. The first-order valence-electron chi connectivity index (χ1n) is 43.4. The van der Waals surface area contributed by atoms with Gasteiger partial charge >= 0.3 is 11.9 Å². The van der Waals surface area contributed by atoms with Crippen molar-refractivity contribution < 1.29 is 112 Å². The number of piperidine rings is 1. The van der Waals surface area contributed by atoms with Gasteiger partial charge in [0.1, 0.15) is 71.3 Å². The molecule has 11 N–H and O–H groups in total. The first-order chi connectivity index (χ1) is 58.3. The molecule has 7 amide bonds. The van der Waals surface area contributed by atoms with Crippen LogP contribution in [0.4, 0.5) is 5.69 Å². The Balaban J connectivity index is 0.965. The van der Waals surface area contributed by atoms with Crippen LogP contribution in [-0.4, -0.2) is 320 Å². The number of fused-ring (bicyclic) bond motifs is 2. The van der Waals surface area contributed by atoms with Crippen molar-refractivity contribution in [1.82, 2.24) is 51.2 Å². The number of ketones is 1. The van der Waals surface area contributed by atoms with Crippen LogP contribution in [0.15, 0.2) is 72.9 Å². The number of benzene rings is 2. The van der Waals surface area contributed by atoms with Gasteiger partial charge in [0.2, 0.25) is 35.4 Å². The number of hydrogen-bond acceptors (Lipinski definition) is 28. The number of likely N-dealkylation sites (N-methyl/N-ethyl adjacent to an activating group) is 2. The van der Waals surface area contributed by atoms with Gasteiger partial charge in [-0.3, -0.25) is 43.2 Å². The third kappa shape index (κ3) is 23.3. The number of Topliss-reactive ketones (excluding diaryl/α,β-unsaturated/α-hetero) is 1. The third-order valence-corrected chi connectivity index (χ3v) is 27.4. The Hall–Kier alpha value is -8.04. The summed E-state index contributed by atoms with van der Waals surface area (Å²) >= 11 is 1.25. The van der Waals surface area contributed by atoms with Crippen LogP contribution in [0.3, 0.4) is 0 Å². The Morgan fingerprint density at radius 1 is 0.774 bits per heavy atom. The molecule has 0 spiro atoms. The van der Waals surface area contributed by atoms with Crippen molar-refractivity contribution >= 4 is 76.5 Å². The standard InChI is InChI=1S/C89H135N11O23S/c1-20-65-89(13,116)74(105)50(5)68(48(3)44-87(11,115)76(123-84-72(104)60(97(16)17)41-49(4)118-84)51(6)73(52(7)82(112)121-65)122-67-45-88(12,117-19)75(106)54(9)119-67)92-38-37-90-66(103)35-40-124-47-57-46-100-61(43-64(57)102)77(107)94-70(56-27-23-22-24-28-56)83(113)120-53(8)69(93-78(108)71-63(101)30-25-36-91-71)79(109)95-86(10,21-2)85(114)99-39-26-29-59(99)80(110)98(18)62(81(100)111)42-55-31-33-58(34-32-55)96(14)15/h22-25,27-28,30-34,36,48-54,57,59-62,65,67-70,72-76,84,92,101,104-106,115-116H,20-21,26,29,35,37-47H2,1-19H3,(H,90,103)(H,93,108)(H,94,107)(H,95,109)/t48-,49?,50+,51?,52-,53-,54?,57?,59+,60?,61+,62+,65-,67?,68+,69+,70+,72?,73+,74-,75?,76?,84?,86-,87-,88?,89-/m1/s1. The van der Waals surface area contributed by atoms with E-state index in [0.717, 1.165) is 5.69 Å². The van der Waals surface area contributed by atoms with Crippen LogP contribution in [0.25, 0.3) is 0 Å². The topological polar surface area (TPSA) is 446 Å². The fourth-order valence-corrected chi connectivity index (χ4v) is 19.5. The maximum atomic E-state index is 16.2. The average molecular weight is 1760 g/mol. The number of amides is 7. The summed E-state index contributed by atoms with van der Waals surface area (Å²) in [5.74, 6) is -12.7. The van der Waals surface area contributed by atoms with Gasteiger partial charge in [0, 0.05) is 133 Å². The lowest BCUT2D eigenvalue weighted by Gasteiger charge is -2.49. The van der Waals surface area contributed by atoms with Crippen LogP contribution in [0, 0.1) is 29.6 Å². The Kier molecular flexibility index (Phi) is 34.4. The van der Waals surface area contributed by atoms with E-state index in [9.17, 15) is 59.4 Å². The molecule has 3 aromatic rings. The van der Waals surface area contributed by atoms with Gasteiger partial charge in [0.05, 0.1) is 47.6 Å². The minimum absolute atomic E-state index is 0.0197. The minimum Gasteiger partial charge on any atom is -0.505 e. The first-order valence-corrected chi connectivity index (χ1v) is 44.6. The maximum Gasteiger partial charge on any atom is 0.333 e. The number of nitrogens with zero attached hydrogens (tertiary/aromatic N) is 6. The molecule has 0 aliphatic carbocycles. The van der Waals surface area contributed by atoms with E-state index in [-0.39, 0.29) is 94.1 Å². The largest absolute Gasteiger partial charge is 0.505 e. The average Bonchev–Trinajstić information content (AvgIpc) is 0.902. The number of aromatic nitrogens is 1. The molecule has 124 heavy (non-hydrogen) atoms. The fourth-order valence-electron chi connectivity index (χ4n) is 18.5. The van der Waals surface area contributed by atoms with E-state index in [2.05, 4.69) is 31.6 Å². The lowest BCUT2D eigenvalue weighted by Crippen LogP contribution is -2.65. The smallest absolute Gasteiger partial charge is 0.333 e. The van der Waals surface area contributed by atoms with Crippen LogP contribution >= 0.6 is 11.8 Å². The molecular weight excluding hydrogens is 1620 g/mol. The first kappa shape index (κ1) is 99.7. The number of hydrogen-bond donors (Lipinski definition) is 11. The van der Waals surface area contributed by atoms with Gasteiger partial charge in [-0.2, -0.15) is 11.8 Å². The van der Waals surface area contributed by atoms with E-state index in [1.165, 1.54) is 91.9 Å². The zero-order valence-electron chi connectivity index (χ0n) is 75.2. The van der Waals surface area contributed by atoms with Gasteiger partial charge in [-0.05, 0) is 149 Å². The highest BCUT2D eigenvalue weighted by atomic mass is 32.2. The van der Waals surface area contributed by atoms with Crippen LogP contribution in [0.5, 0.6) is 5.75 Å². The molecule has 0 bridgehead atoms. The summed E-state index contributed by atoms with van der Waals surface area (Å²) in [5, 5.41) is 86.8. The molecule has 7 heterocycles. The zero-order valence-corrected chi connectivity index (χ0v) is 76.1. The predicted octanol–water partition coefficient (Wildman–Crippen LogP) is 3.31. The number of aromatic hydroxyl groups is 1. The summed E-state index contributed by atoms with van der Waals surface area (Å²) in [6.45, 7) is 21.1. The quantitative estimate of drug-likeness (QED) is 0.0479. The number of carbonyl (C=O) groups is 10. The summed E-state index contributed by atoms with van der Waals surface area (Å²) in [7, 11) is 10.3. The van der Waals surface area contributed by atoms with Crippen LogP contribution in [-0.2, 0) is 82.7 Å². The fraction of sp³-hybridized carbons (Fsp3) is 0.697. The number of aliphatic hydroxyl groups is 5. The molecule has 6 aliphatic rings. The number of methoxy groups -OCH3 is 1. The number of anilines is 1. The van der Waals surface area contributed by atoms with Gasteiger partial charge in [-0.15, -0.1) is 0 Å². The van der Waals surface area contributed by atoms with Crippen molar-refractivity contribution in [2.75, 3.05) is 84.9 Å². The zero-order chi connectivity index (χ0) is 91.5. The number of pyridine rings is 1. The molecule has 34 nitrogen and oxygen atoms in total. The number of carbonyl (C=O) groups excluding carboxylic acids is 10. The summed E-state index contributed by atoms with van der Waals surface area (Å²) in [6.07, 6.45) is -11.4. The number of esters is 2. The Bertz CT molecular complexity index is 4170. The molecule has 6 fully saturated rings. The molecule has 0 radical (unpaired) electrons. The molecular formula is C89H135N11O23S. The number of thioether (sulfide) groups is 1. The minimum atomic E-state index is -2.08. The maximum absolute atomic E-state index is 16.2. The van der Waals surface area contributed by atoms with Gasteiger partial charge < -0.3 is 115 Å². The molecule has 11 unspecified atom stereocenters. The lowest BCUT2D eigenvalue weighted by molar-refractivity contribution is -0.318. The molecule has 690 valence electrons. The van der Waals surface area contributed by atoms with E-state index in [1.54, 1.807) is 85.7 Å². The Labute approximate surface area is 732 Å². The summed E-state index contributed by atoms with van der Waals surface area (Å²) in [4.78, 5) is 162. The highest BCUT2D eigenvalue weighted by Gasteiger charge is 2.56. The summed E-state index contributed by atoms with van der Waals surface area (Å²) in [6, 6.07) is 8.89. The molecule has 27 atom stereocenters. The van der Waals surface area contributed by atoms with Crippen molar-refractivity contribution in [3.8, 4) is 5.75 Å². The van der Waals surface area contributed by atoms with Crippen molar-refractivity contribution in [3.05, 3.63) is 89.7 Å². The van der Waals surface area contributed by atoms with E-state index in [4.69, 9.17) is 33.2 Å². The second-order valence-corrected chi connectivity index (χ2v) is 37.3.